The molecule has 0 heterocycles. The number of halogens is 1. The van der Waals surface area contributed by atoms with Gasteiger partial charge in [0, 0.05) is 18.7 Å². The number of benzene rings is 1. The van der Waals surface area contributed by atoms with Crippen LogP contribution in [0.5, 0.6) is 0 Å². The van der Waals surface area contributed by atoms with Crippen molar-refractivity contribution in [3.8, 4) is 0 Å². The van der Waals surface area contributed by atoms with Crippen LogP contribution in [0.2, 0.25) is 0 Å². The first kappa shape index (κ1) is 12.5. The first-order valence-electron chi connectivity index (χ1n) is 5.24. The molecule has 94 valence electrons. The van der Waals surface area contributed by atoms with Crippen molar-refractivity contribution >= 4 is 9.84 Å². The second-order valence-electron chi connectivity index (χ2n) is 4.60. The predicted octanol–water partition coefficient (Wildman–Crippen LogP) is -0.00770. The summed E-state index contributed by atoms with van der Waals surface area (Å²) in [5.74, 6) is -0.820. The van der Waals surface area contributed by atoms with Crippen LogP contribution >= 0.6 is 0 Å². The molecule has 0 bridgehead atoms. The summed E-state index contributed by atoms with van der Waals surface area (Å²) >= 11 is 0. The molecule has 4 nitrogen and oxygen atoms in total. The summed E-state index contributed by atoms with van der Waals surface area (Å²) in [6.07, 6.45) is 1.13. The van der Waals surface area contributed by atoms with Gasteiger partial charge in [-0.15, -0.1) is 0 Å². The molecule has 1 aliphatic carbocycles. The van der Waals surface area contributed by atoms with Gasteiger partial charge in [-0.2, -0.15) is 0 Å². The van der Waals surface area contributed by atoms with E-state index in [4.69, 9.17) is 11.5 Å². The van der Waals surface area contributed by atoms with E-state index in [0.29, 0.717) is 5.56 Å². The maximum atomic E-state index is 13.1. The normalized spacial score (nSPS) is 32.5. The molecular formula is C11H15FN2O2S. The zero-order valence-corrected chi connectivity index (χ0v) is 10.2. The van der Waals surface area contributed by atoms with E-state index in [1.807, 2.05) is 0 Å². The van der Waals surface area contributed by atoms with Crippen LogP contribution in [0.1, 0.15) is 11.5 Å². The van der Waals surface area contributed by atoms with Gasteiger partial charge in [0.25, 0.3) is 0 Å². The van der Waals surface area contributed by atoms with Crippen molar-refractivity contribution in [3.63, 3.8) is 0 Å². The fourth-order valence-corrected chi connectivity index (χ4v) is 4.36. The second-order valence-corrected chi connectivity index (χ2v) is 6.77. The van der Waals surface area contributed by atoms with Crippen molar-refractivity contribution < 1.29 is 12.8 Å². The van der Waals surface area contributed by atoms with Gasteiger partial charge in [-0.3, -0.25) is 0 Å². The molecule has 17 heavy (non-hydrogen) atoms. The minimum absolute atomic E-state index is 0.0614. The van der Waals surface area contributed by atoms with Crippen molar-refractivity contribution in [3.05, 3.63) is 35.6 Å². The molecule has 1 fully saturated rings. The molecule has 0 spiro atoms. The lowest BCUT2D eigenvalue weighted by atomic mass is 10.1. The summed E-state index contributed by atoms with van der Waals surface area (Å²) in [6, 6.07) is 5.84. The maximum Gasteiger partial charge on any atom is 0.152 e. The maximum absolute atomic E-state index is 13.1. The van der Waals surface area contributed by atoms with Crippen LogP contribution in [0.3, 0.4) is 0 Å². The van der Waals surface area contributed by atoms with E-state index in [2.05, 4.69) is 0 Å². The van der Waals surface area contributed by atoms with Crippen LogP contribution < -0.4 is 11.5 Å². The van der Waals surface area contributed by atoms with E-state index >= 15 is 0 Å². The molecule has 1 aliphatic rings. The van der Waals surface area contributed by atoms with Gasteiger partial charge in [0.1, 0.15) is 5.82 Å². The zero-order valence-electron chi connectivity index (χ0n) is 9.43. The van der Waals surface area contributed by atoms with E-state index in [0.717, 1.165) is 6.26 Å². The zero-order chi connectivity index (χ0) is 12.8. The summed E-state index contributed by atoms with van der Waals surface area (Å²) < 4.78 is 36.3. The molecule has 1 saturated carbocycles. The average molecular weight is 258 g/mol. The van der Waals surface area contributed by atoms with Crippen molar-refractivity contribution in [2.45, 2.75) is 16.7 Å². The molecule has 0 aromatic heterocycles. The molecule has 2 rings (SSSR count). The molecule has 0 saturated heterocycles. The summed E-state index contributed by atoms with van der Waals surface area (Å²) in [4.78, 5) is 0. The van der Waals surface area contributed by atoms with Crippen LogP contribution in [0.15, 0.2) is 24.3 Å². The fourth-order valence-electron chi connectivity index (χ4n) is 2.50. The van der Waals surface area contributed by atoms with Gasteiger partial charge in [0.15, 0.2) is 9.84 Å². The van der Waals surface area contributed by atoms with Crippen LogP contribution in [0, 0.1) is 5.82 Å². The first-order chi connectivity index (χ1) is 7.80. The molecule has 4 N–H and O–H groups in total. The highest BCUT2D eigenvalue weighted by Gasteiger charge is 2.67. The molecule has 6 heteroatoms. The highest BCUT2D eigenvalue weighted by atomic mass is 32.2. The van der Waals surface area contributed by atoms with Crippen LogP contribution in [-0.2, 0) is 9.84 Å². The van der Waals surface area contributed by atoms with Crippen molar-refractivity contribution in [2.24, 2.45) is 11.5 Å². The van der Waals surface area contributed by atoms with Crippen molar-refractivity contribution in [1.82, 2.24) is 0 Å². The summed E-state index contributed by atoms with van der Waals surface area (Å²) in [5, 5.41) is -0.721. The lowest BCUT2D eigenvalue weighted by molar-refractivity contribution is 0.591. The third-order valence-electron chi connectivity index (χ3n) is 3.32. The van der Waals surface area contributed by atoms with E-state index in [1.54, 1.807) is 12.1 Å². The summed E-state index contributed by atoms with van der Waals surface area (Å²) in [7, 11) is -3.29. The SMILES string of the molecule is CS(=O)(=O)[C@@H]1[C@@H](c2cccc(F)c2)[C@]1(N)CN. The third kappa shape index (κ3) is 1.96. The molecule has 0 aliphatic heterocycles. The van der Waals surface area contributed by atoms with Gasteiger partial charge in [-0.25, -0.2) is 12.8 Å². The number of hydrogen-bond donors (Lipinski definition) is 2. The lowest BCUT2D eigenvalue weighted by Gasteiger charge is -2.07. The van der Waals surface area contributed by atoms with Crippen LogP contribution in [-0.4, -0.2) is 32.0 Å². The quantitative estimate of drug-likeness (QED) is 0.798. The Balaban J connectivity index is 2.41. The fraction of sp³-hybridized carbons (Fsp3) is 0.455. The summed E-state index contributed by atoms with van der Waals surface area (Å²) in [5.41, 5.74) is 11.1. The Morgan fingerprint density at radius 1 is 1.47 bits per heavy atom. The minimum Gasteiger partial charge on any atom is -0.329 e. The highest BCUT2D eigenvalue weighted by molar-refractivity contribution is 7.91. The van der Waals surface area contributed by atoms with E-state index in [9.17, 15) is 12.8 Å². The van der Waals surface area contributed by atoms with Gasteiger partial charge in [-0.05, 0) is 17.7 Å². The average Bonchev–Trinajstić information content (AvgIpc) is 2.86. The Kier molecular flexibility index (Phi) is 2.76. The Labute approximate surface area is 99.7 Å². The van der Waals surface area contributed by atoms with Gasteiger partial charge < -0.3 is 11.5 Å². The van der Waals surface area contributed by atoms with Gasteiger partial charge >= 0.3 is 0 Å². The molecule has 0 radical (unpaired) electrons. The highest BCUT2D eigenvalue weighted by Crippen LogP contribution is 2.53. The molecule has 1 aromatic rings. The predicted molar refractivity (Wildman–Crippen MR) is 63.7 cm³/mol. The number of rotatable bonds is 3. The smallest absolute Gasteiger partial charge is 0.152 e. The molecule has 3 atom stereocenters. The Morgan fingerprint density at radius 3 is 2.53 bits per heavy atom. The number of nitrogens with two attached hydrogens (primary N) is 2. The third-order valence-corrected chi connectivity index (χ3v) is 4.96. The Bertz CT molecular complexity index is 546. The van der Waals surface area contributed by atoms with Crippen molar-refractivity contribution in [1.29, 1.82) is 0 Å². The number of sulfone groups is 1. The topological polar surface area (TPSA) is 86.2 Å². The molecule has 0 amide bonds. The standard InChI is InChI=1S/C11H15FN2O2S/c1-17(15,16)10-9(11(10,14)6-13)7-3-2-4-8(12)5-7/h2-5,9-10H,6,13-14H2,1H3/t9-,10-,11-/m1/s1. The molecular weight excluding hydrogens is 243 g/mol. The minimum atomic E-state index is -3.29. The Hall–Kier alpha value is -0.980. The van der Waals surface area contributed by atoms with Crippen molar-refractivity contribution in [2.75, 3.05) is 12.8 Å². The van der Waals surface area contributed by atoms with E-state index in [1.165, 1.54) is 12.1 Å². The first-order valence-corrected chi connectivity index (χ1v) is 7.19. The molecule has 0 unspecified atom stereocenters. The largest absolute Gasteiger partial charge is 0.329 e. The van der Waals surface area contributed by atoms with Crippen LogP contribution in [0.25, 0.3) is 0 Å². The van der Waals surface area contributed by atoms with Gasteiger partial charge in [-0.1, -0.05) is 12.1 Å². The van der Waals surface area contributed by atoms with Crippen LogP contribution in [0.4, 0.5) is 4.39 Å². The van der Waals surface area contributed by atoms with E-state index < -0.39 is 32.4 Å². The van der Waals surface area contributed by atoms with Gasteiger partial charge in [0.2, 0.25) is 0 Å². The monoisotopic (exact) mass is 258 g/mol. The summed E-state index contributed by atoms with van der Waals surface area (Å²) in [6.45, 7) is 0.0614. The lowest BCUT2D eigenvalue weighted by Crippen LogP contribution is -2.38. The van der Waals surface area contributed by atoms with E-state index in [-0.39, 0.29) is 6.54 Å². The number of hydrogen-bond acceptors (Lipinski definition) is 4. The molecule has 1 aromatic carbocycles. The van der Waals surface area contributed by atoms with Gasteiger partial charge in [0.05, 0.1) is 10.8 Å². The Morgan fingerprint density at radius 2 is 2.12 bits per heavy atom. The second kappa shape index (κ2) is 3.76.